The number of carboxylic acid groups (broad SMARTS) is 1. The lowest BCUT2D eigenvalue weighted by molar-refractivity contribution is -0.384. The minimum atomic E-state index is -1.33. The van der Waals surface area contributed by atoms with Gasteiger partial charge in [-0.2, -0.15) is 0 Å². The summed E-state index contributed by atoms with van der Waals surface area (Å²) in [6.45, 7) is -0.266. The highest BCUT2D eigenvalue weighted by atomic mass is 19.1. The molecule has 1 aliphatic heterocycles. The summed E-state index contributed by atoms with van der Waals surface area (Å²) in [7, 11) is 0. The van der Waals surface area contributed by atoms with Gasteiger partial charge in [0.15, 0.2) is 0 Å². The Morgan fingerprint density at radius 3 is 2.67 bits per heavy atom. The molecule has 2 atom stereocenters. The number of carboxylic acids is 1. The van der Waals surface area contributed by atoms with Crippen molar-refractivity contribution in [2.75, 3.05) is 6.54 Å². The van der Waals surface area contributed by atoms with Gasteiger partial charge in [0.2, 0.25) is 0 Å². The zero-order valence-electron chi connectivity index (χ0n) is 10.6. The molecule has 0 saturated carbocycles. The van der Waals surface area contributed by atoms with Crippen molar-refractivity contribution in [3.8, 4) is 0 Å². The van der Waals surface area contributed by atoms with E-state index in [4.69, 9.17) is 5.11 Å². The number of benzene rings is 1. The quantitative estimate of drug-likeness (QED) is 0.615. The van der Waals surface area contributed by atoms with Crippen molar-refractivity contribution in [1.82, 2.24) is 4.90 Å². The van der Waals surface area contributed by atoms with Crippen LogP contribution in [0.3, 0.4) is 0 Å². The number of carbonyl (C=O) groups excluding carboxylic acids is 1. The summed E-state index contributed by atoms with van der Waals surface area (Å²) in [5.74, 6) is -3.32. The van der Waals surface area contributed by atoms with Crippen LogP contribution in [0.4, 0.5) is 10.1 Å². The van der Waals surface area contributed by atoms with Crippen LogP contribution in [0.15, 0.2) is 18.2 Å². The summed E-state index contributed by atoms with van der Waals surface area (Å²) in [6.07, 6.45) is -1.20. The summed E-state index contributed by atoms with van der Waals surface area (Å²) in [6, 6.07) is 1.14. The Bertz CT molecular complexity index is 620. The third-order valence-corrected chi connectivity index (χ3v) is 3.22. The number of aliphatic hydroxyl groups is 1. The Hall–Kier alpha value is -2.55. The van der Waals surface area contributed by atoms with Gasteiger partial charge in [0, 0.05) is 25.1 Å². The molecule has 9 heteroatoms. The van der Waals surface area contributed by atoms with Crippen LogP contribution in [-0.4, -0.2) is 50.6 Å². The van der Waals surface area contributed by atoms with Crippen molar-refractivity contribution in [2.24, 2.45) is 0 Å². The largest absolute Gasteiger partial charge is 0.480 e. The van der Waals surface area contributed by atoms with E-state index in [9.17, 15) is 29.2 Å². The molecule has 21 heavy (non-hydrogen) atoms. The minimum absolute atomic E-state index is 0.169. The van der Waals surface area contributed by atoms with Crippen molar-refractivity contribution in [1.29, 1.82) is 0 Å². The lowest BCUT2D eigenvalue weighted by atomic mass is 10.1. The standard InChI is InChI=1S/C12H11FN2O6/c13-9-2-1-6(15(20)21)3-8(9)11(17)14-5-7(16)4-10(14)12(18)19/h1-3,7,10,16H,4-5H2,(H,18,19). The Morgan fingerprint density at radius 2 is 2.10 bits per heavy atom. The maximum Gasteiger partial charge on any atom is 0.326 e. The van der Waals surface area contributed by atoms with Crippen LogP contribution in [-0.2, 0) is 4.79 Å². The van der Waals surface area contributed by atoms with Crippen molar-refractivity contribution >= 4 is 17.6 Å². The molecule has 1 aromatic carbocycles. The van der Waals surface area contributed by atoms with E-state index < -0.39 is 46.0 Å². The summed E-state index contributed by atoms with van der Waals surface area (Å²) in [5, 5.41) is 29.1. The molecule has 8 nitrogen and oxygen atoms in total. The zero-order valence-corrected chi connectivity index (χ0v) is 10.6. The summed E-state index contributed by atoms with van der Waals surface area (Å²) in [4.78, 5) is 33.9. The molecule has 1 saturated heterocycles. The molecule has 1 amide bonds. The second-order valence-electron chi connectivity index (χ2n) is 4.62. The fourth-order valence-electron chi connectivity index (χ4n) is 2.22. The van der Waals surface area contributed by atoms with E-state index in [2.05, 4.69) is 0 Å². The number of aliphatic hydroxyl groups excluding tert-OH is 1. The monoisotopic (exact) mass is 298 g/mol. The van der Waals surface area contributed by atoms with Crippen molar-refractivity contribution < 1.29 is 29.1 Å². The normalized spacial score (nSPS) is 21.3. The molecule has 1 heterocycles. The first-order valence-electron chi connectivity index (χ1n) is 5.97. The molecule has 2 unspecified atom stereocenters. The van der Waals surface area contributed by atoms with Crippen LogP contribution in [0.2, 0.25) is 0 Å². The average Bonchev–Trinajstić information content (AvgIpc) is 2.80. The second kappa shape index (κ2) is 5.44. The third-order valence-electron chi connectivity index (χ3n) is 3.22. The van der Waals surface area contributed by atoms with E-state index in [1.54, 1.807) is 0 Å². The molecular formula is C12H11FN2O6. The number of nitrogens with zero attached hydrogens (tertiary/aromatic N) is 2. The average molecular weight is 298 g/mol. The Labute approximate surface area is 117 Å². The molecule has 2 rings (SSSR count). The third kappa shape index (κ3) is 2.82. The highest BCUT2D eigenvalue weighted by Crippen LogP contribution is 2.24. The lowest BCUT2D eigenvalue weighted by Gasteiger charge is -2.21. The number of likely N-dealkylation sites (tertiary alicyclic amines) is 1. The van der Waals surface area contributed by atoms with Gasteiger partial charge in [-0.25, -0.2) is 9.18 Å². The number of aliphatic carboxylic acids is 1. The number of β-amino-alcohol motifs (C(OH)–C–C–N with tert-alkyl or cyclic N) is 1. The van der Waals surface area contributed by atoms with Crippen molar-refractivity contribution in [3.05, 3.63) is 39.7 Å². The van der Waals surface area contributed by atoms with Crippen LogP contribution in [0.1, 0.15) is 16.8 Å². The summed E-state index contributed by atoms with van der Waals surface area (Å²) in [5.41, 5.74) is -1.07. The molecule has 0 radical (unpaired) electrons. The summed E-state index contributed by atoms with van der Waals surface area (Å²) < 4.78 is 13.7. The first-order valence-corrected chi connectivity index (χ1v) is 5.97. The predicted octanol–water partition coefficient (Wildman–Crippen LogP) is 0.394. The smallest absolute Gasteiger partial charge is 0.326 e. The minimum Gasteiger partial charge on any atom is -0.480 e. The number of non-ortho nitro benzene ring substituents is 1. The predicted molar refractivity (Wildman–Crippen MR) is 66.1 cm³/mol. The highest BCUT2D eigenvalue weighted by Gasteiger charge is 2.40. The number of nitro groups is 1. The molecule has 2 N–H and O–H groups in total. The van der Waals surface area contributed by atoms with Gasteiger partial charge in [-0.05, 0) is 6.07 Å². The van der Waals surface area contributed by atoms with Crippen molar-refractivity contribution in [2.45, 2.75) is 18.6 Å². The van der Waals surface area contributed by atoms with E-state index in [1.165, 1.54) is 0 Å². The van der Waals surface area contributed by atoms with Crippen LogP contribution in [0, 0.1) is 15.9 Å². The second-order valence-corrected chi connectivity index (χ2v) is 4.62. The maximum absolute atomic E-state index is 13.7. The number of nitro benzene ring substituents is 1. The van der Waals surface area contributed by atoms with E-state index in [1.807, 2.05) is 0 Å². The van der Waals surface area contributed by atoms with Gasteiger partial charge >= 0.3 is 5.97 Å². The summed E-state index contributed by atoms with van der Waals surface area (Å²) >= 11 is 0. The van der Waals surface area contributed by atoms with Crippen molar-refractivity contribution in [3.63, 3.8) is 0 Å². The van der Waals surface area contributed by atoms with Gasteiger partial charge in [0.1, 0.15) is 11.9 Å². The van der Waals surface area contributed by atoms with Crippen LogP contribution < -0.4 is 0 Å². The van der Waals surface area contributed by atoms with Gasteiger partial charge in [0.05, 0.1) is 16.6 Å². The molecule has 0 bridgehead atoms. The molecular weight excluding hydrogens is 287 g/mol. The topological polar surface area (TPSA) is 121 Å². The molecule has 1 aromatic rings. The molecule has 1 aliphatic rings. The zero-order chi connectivity index (χ0) is 15.7. The Morgan fingerprint density at radius 1 is 1.43 bits per heavy atom. The fraction of sp³-hybridized carbons (Fsp3) is 0.333. The van der Waals surface area contributed by atoms with Crippen LogP contribution in [0.5, 0.6) is 0 Å². The van der Waals surface area contributed by atoms with Gasteiger partial charge in [-0.3, -0.25) is 14.9 Å². The molecule has 0 aromatic heterocycles. The van der Waals surface area contributed by atoms with Gasteiger partial charge < -0.3 is 15.1 Å². The van der Waals surface area contributed by atoms with Gasteiger partial charge in [-0.1, -0.05) is 0 Å². The Kier molecular flexibility index (Phi) is 3.85. The number of amides is 1. The number of halogens is 1. The number of hydrogen-bond acceptors (Lipinski definition) is 5. The molecule has 0 spiro atoms. The van der Waals surface area contributed by atoms with Crippen LogP contribution >= 0.6 is 0 Å². The first-order chi connectivity index (χ1) is 9.81. The number of rotatable bonds is 3. The van der Waals surface area contributed by atoms with Gasteiger partial charge in [0.25, 0.3) is 11.6 Å². The molecule has 1 fully saturated rings. The number of carbonyl (C=O) groups is 2. The maximum atomic E-state index is 13.7. The van der Waals surface area contributed by atoms with Crippen LogP contribution in [0.25, 0.3) is 0 Å². The Balaban J connectivity index is 2.37. The number of hydrogen-bond donors (Lipinski definition) is 2. The molecule has 0 aliphatic carbocycles. The SMILES string of the molecule is O=C(O)C1CC(O)CN1C(=O)c1cc([N+](=O)[O-])ccc1F. The lowest BCUT2D eigenvalue weighted by Crippen LogP contribution is -2.41. The van der Waals surface area contributed by atoms with Gasteiger partial charge in [-0.15, -0.1) is 0 Å². The van der Waals surface area contributed by atoms with E-state index in [0.29, 0.717) is 0 Å². The highest BCUT2D eigenvalue weighted by molar-refractivity contribution is 5.97. The van der Waals surface area contributed by atoms with E-state index in [0.717, 1.165) is 23.1 Å². The molecule has 112 valence electrons. The van der Waals surface area contributed by atoms with E-state index >= 15 is 0 Å². The van der Waals surface area contributed by atoms with E-state index in [-0.39, 0.29) is 13.0 Å². The first kappa shape index (κ1) is 14.9. The fourth-order valence-corrected chi connectivity index (χ4v) is 2.22.